The molecule has 1 aromatic heterocycles. The van der Waals surface area contributed by atoms with E-state index in [1.54, 1.807) is 0 Å². The summed E-state index contributed by atoms with van der Waals surface area (Å²) >= 11 is 0. The number of esters is 1. The van der Waals surface area contributed by atoms with Crippen molar-refractivity contribution in [1.29, 1.82) is 0 Å². The van der Waals surface area contributed by atoms with Gasteiger partial charge in [0.2, 0.25) is 0 Å². The molecular formula is C14H9F4NO2. The molecule has 2 aromatic rings. The van der Waals surface area contributed by atoms with E-state index >= 15 is 0 Å². The molecule has 0 saturated carbocycles. The topological polar surface area (TPSA) is 39.2 Å². The fourth-order valence-corrected chi connectivity index (χ4v) is 1.72. The Bertz CT molecular complexity index is 683. The standard InChI is InChI=1S/C14H9F4NO2/c1-21-13(20)12-11(15)6-9(7-19-12)8-3-2-4-10(5-8)14(16,17)18/h2-7H,1H3. The number of ether oxygens (including phenoxy) is 1. The summed E-state index contributed by atoms with van der Waals surface area (Å²) in [6.45, 7) is 0. The van der Waals surface area contributed by atoms with E-state index in [0.29, 0.717) is 0 Å². The number of carbonyl (C=O) groups excluding carboxylic acids is 1. The maximum absolute atomic E-state index is 13.7. The fourth-order valence-electron chi connectivity index (χ4n) is 1.72. The first kappa shape index (κ1) is 15.0. The number of benzene rings is 1. The van der Waals surface area contributed by atoms with Crippen molar-refractivity contribution in [3.8, 4) is 11.1 Å². The highest BCUT2D eigenvalue weighted by Crippen LogP contribution is 2.32. The second kappa shape index (κ2) is 5.51. The van der Waals surface area contributed by atoms with Crippen molar-refractivity contribution in [2.75, 3.05) is 7.11 Å². The van der Waals surface area contributed by atoms with Crippen LogP contribution in [0.25, 0.3) is 11.1 Å². The Morgan fingerprint density at radius 2 is 1.90 bits per heavy atom. The molecule has 0 spiro atoms. The van der Waals surface area contributed by atoms with E-state index in [-0.39, 0.29) is 11.1 Å². The van der Waals surface area contributed by atoms with Gasteiger partial charge >= 0.3 is 12.1 Å². The predicted molar refractivity (Wildman–Crippen MR) is 66.0 cm³/mol. The monoisotopic (exact) mass is 299 g/mol. The van der Waals surface area contributed by atoms with Crippen LogP contribution in [-0.4, -0.2) is 18.1 Å². The first-order valence-corrected chi connectivity index (χ1v) is 5.74. The zero-order valence-electron chi connectivity index (χ0n) is 10.7. The first-order chi connectivity index (χ1) is 9.82. The minimum Gasteiger partial charge on any atom is -0.464 e. The van der Waals surface area contributed by atoms with Crippen molar-refractivity contribution in [3.63, 3.8) is 0 Å². The number of halogens is 4. The normalized spacial score (nSPS) is 11.3. The highest BCUT2D eigenvalue weighted by Gasteiger charge is 2.30. The van der Waals surface area contributed by atoms with Crippen LogP contribution < -0.4 is 0 Å². The van der Waals surface area contributed by atoms with Gasteiger partial charge in [-0.2, -0.15) is 13.2 Å². The van der Waals surface area contributed by atoms with Crippen LogP contribution in [0.15, 0.2) is 36.5 Å². The van der Waals surface area contributed by atoms with Crippen LogP contribution in [0.2, 0.25) is 0 Å². The van der Waals surface area contributed by atoms with Gasteiger partial charge < -0.3 is 4.74 Å². The zero-order chi connectivity index (χ0) is 15.6. The van der Waals surface area contributed by atoms with Crippen LogP contribution in [0, 0.1) is 5.82 Å². The Morgan fingerprint density at radius 3 is 2.48 bits per heavy atom. The van der Waals surface area contributed by atoms with Gasteiger partial charge in [-0.15, -0.1) is 0 Å². The van der Waals surface area contributed by atoms with E-state index in [1.807, 2.05) is 0 Å². The van der Waals surface area contributed by atoms with Gasteiger partial charge in [-0.1, -0.05) is 12.1 Å². The summed E-state index contributed by atoms with van der Waals surface area (Å²) in [6, 6.07) is 5.34. The van der Waals surface area contributed by atoms with E-state index in [2.05, 4.69) is 9.72 Å². The number of hydrogen-bond donors (Lipinski definition) is 0. The molecule has 1 aromatic carbocycles. The molecule has 0 aliphatic rings. The minimum atomic E-state index is -4.49. The lowest BCUT2D eigenvalue weighted by Gasteiger charge is -2.09. The summed E-state index contributed by atoms with van der Waals surface area (Å²) in [5.74, 6) is -1.92. The number of alkyl halides is 3. The smallest absolute Gasteiger partial charge is 0.416 e. The molecule has 7 heteroatoms. The average Bonchev–Trinajstić information content (AvgIpc) is 2.45. The molecule has 1 heterocycles. The molecule has 2 rings (SSSR count). The van der Waals surface area contributed by atoms with Crippen molar-refractivity contribution in [2.45, 2.75) is 6.18 Å². The number of methoxy groups -OCH3 is 1. The van der Waals surface area contributed by atoms with Gasteiger partial charge in [0.15, 0.2) is 11.5 Å². The maximum Gasteiger partial charge on any atom is 0.416 e. The van der Waals surface area contributed by atoms with Gasteiger partial charge in [0.05, 0.1) is 12.7 Å². The molecule has 0 amide bonds. The van der Waals surface area contributed by atoms with Gasteiger partial charge in [-0.05, 0) is 23.8 Å². The third kappa shape index (κ3) is 3.18. The van der Waals surface area contributed by atoms with E-state index in [4.69, 9.17) is 0 Å². The SMILES string of the molecule is COC(=O)c1ncc(-c2cccc(C(F)(F)F)c2)cc1F. The van der Waals surface area contributed by atoms with E-state index in [1.165, 1.54) is 12.1 Å². The summed E-state index contributed by atoms with van der Waals surface area (Å²) in [5, 5.41) is 0. The Balaban J connectivity index is 2.44. The second-order valence-electron chi connectivity index (χ2n) is 4.12. The van der Waals surface area contributed by atoms with Gasteiger partial charge in [0, 0.05) is 11.8 Å². The van der Waals surface area contributed by atoms with Gasteiger partial charge in [-0.3, -0.25) is 0 Å². The summed E-state index contributed by atoms with van der Waals surface area (Å²) in [6.07, 6.45) is -3.38. The molecule has 0 unspecified atom stereocenters. The molecule has 110 valence electrons. The van der Waals surface area contributed by atoms with Gasteiger partial charge in [0.1, 0.15) is 0 Å². The lowest BCUT2D eigenvalue weighted by Crippen LogP contribution is -2.07. The molecule has 0 fully saturated rings. The lowest BCUT2D eigenvalue weighted by atomic mass is 10.0. The number of carbonyl (C=O) groups is 1. The van der Waals surface area contributed by atoms with Crippen LogP contribution in [0.3, 0.4) is 0 Å². The number of rotatable bonds is 2. The Labute approximate surface area is 117 Å². The molecule has 21 heavy (non-hydrogen) atoms. The van der Waals surface area contributed by atoms with E-state index < -0.39 is 29.2 Å². The van der Waals surface area contributed by atoms with Crippen molar-refractivity contribution < 1.29 is 27.1 Å². The molecule has 3 nitrogen and oxygen atoms in total. The van der Waals surface area contributed by atoms with E-state index in [0.717, 1.165) is 31.5 Å². The van der Waals surface area contributed by atoms with Crippen LogP contribution in [0.5, 0.6) is 0 Å². The van der Waals surface area contributed by atoms with Crippen LogP contribution >= 0.6 is 0 Å². The summed E-state index contributed by atoms with van der Waals surface area (Å²) in [7, 11) is 1.07. The van der Waals surface area contributed by atoms with Gasteiger partial charge in [-0.25, -0.2) is 14.2 Å². The largest absolute Gasteiger partial charge is 0.464 e. The molecule has 0 saturated heterocycles. The molecular weight excluding hydrogens is 290 g/mol. The fraction of sp³-hybridized carbons (Fsp3) is 0.143. The summed E-state index contributed by atoms with van der Waals surface area (Å²) in [5.41, 5.74) is -1.09. The van der Waals surface area contributed by atoms with Crippen LogP contribution in [0.4, 0.5) is 17.6 Å². The number of aromatic nitrogens is 1. The molecule has 0 aliphatic heterocycles. The van der Waals surface area contributed by atoms with Crippen molar-refractivity contribution >= 4 is 5.97 Å². The number of pyridine rings is 1. The van der Waals surface area contributed by atoms with E-state index in [9.17, 15) is 22.4 Å². The lowest BCUT2D eigenvalue weighted by molar-refractivity contribution is -0.137. The second-order valence-corrected chi connectivity index (χ2v) is 4.12. The van der Waals surface area contributed by atoms with Crippen LogP contribution in [0.1, 0.15) is 16.1 Å². The quantitative estimate of drug-likeness (QED) is 0.627. The third-order valence-corrected chi connectivity index (χ3v) is 2.74. The molecule has 0 atom stereocenters. The average molecular weight is 299 g/mol. The van der Waals surface area contributed by atoms with Crippen LogP contribution in [-0.2, 0) is 10.9 Å². The highest BCUT2D eigenvalue weighted by molar-refractivity contribution is 5.87. The zero-order valence-corrected chi connectivity index (χ0v) is 10.7. The Morgan fingerprint density at radius 1 is 1.19 bits per heavy atom. The third-order valence-electron chi connectivity index (χ3n) is 2.74. The van der Waals surface area contributed by atoms with Crippen molar-refractivity contribution in [1.82, 2.24) is 4.98 Å². The Kier molecular flexibility index (Phi) is 3.93. The molecule has 0 bridgehead atoms. The summed E-state index contributed by atoms with van der Waals surface area (Å²) < 4.78 is 55.9. The minimum absolute atomic E-state index is 0.131. The van der Waals surface area contributed by atoms with Crippen molar-refractivity contribution in [3.05, 3.63) is 53.6 Å². The number of nitrogens with zero attached hydrogens (tertiary/aromatic N) is 1. The Hall–Kier alpha value is -2.44. The van der Waals surface area contributed by atoms with Gasteiger partial charge in [0.25, 0.3) is 0 Å². The number of hydrogen-bond acceptors (Lipinski definition) is 3. The molecule has 0 aliphatic carbocycles. The predicted octanol–water partition coefficient (Wildman–Crippen LogP) is 3.69. The molecule has 0 N–H and O–H groups in total. The highest BCUT2D eigenvalue weighted by atomic mass is 19.4. The molecule has 0 radical (unpaired) electrons. The summed E-state index contributed by atoms with van der Waals surface area (Å²) in [4.78, 5) is 14.8. The first-order valence-electron chi connectivity index (χ1n) is 5.74. The maximum atomic E-state index is 13.7. The van der Waals surface area contributed by atoms with Crippen molar-refractivity contribution in [2.24, 2.45) is 0 Å².